The topological polar surface area (TPSA) is 269 Å². The van der Waals surface area contributed by atoms with Crippen molar-refractivity contribution in [2.75, 3.05) is 18.2 Å². The van der Waals surface area contributed by atoms with Gasteiger partial charge in [0.2, 0.25) is 17.4 Å². The summed E-state index contributed by atoms with van der Waals surface area (Å²) in [4.78, 5) is 82.0. The molecule has 0 saturated carbocycles. The third-order valence-electron chi connectivity index (χ3n) is 5.80. The number of benzene rings is 1. The summed E-state index contributed by atoms with van der Waals surface area (Å²) in [6, 6.07) is 1.43. The van der Waals surface area contributed by atoms with Gasteiger partial charge in [-0.1, -0.05) is 5.16 Å². The molecule has 0 spiro atoms. The molecule has 1 saturated heterocycles. The van der Waals surface area contributed by atoms with E-state index in [1.807, 2.05) is 0 Å². The van der Waals surface area contributed by atoms with E-state index in [0.717, 1.165) is 18.4 Å². The maximum Gasteiger partial charge on any atom is 1.00 e. The van der Waals surface area contributed by atoms with Crippen molar-refractivity contribution in [3.05, 3.63) is 51.0 Å². The van der Waals surface area contributed by atoms with Gasteiger partial charge in [0.15, 0.2) is 27.2 Å². The monoisotopic (exact) mass is 711 g/mol. The van der Waals surface area contributed by atoms with Crippen LogP contribution in [0.3, 0.4) is 0 Å². The first kappa shape index (κ1) is 38.5. The average molecular weight is 712 g/mol. The number of rotatable bonds is 13. The summed E-state index contributed by atoms with van der Waals surface area (Å²) in [7, 11) is -4.31. The predicted octanol–water partition coefficient (Wildman–Crippen LogP) is -3.62. The van der Waals surface area contributed by atoms with Crippen LogP contribution in [0, 0.1) is 10.1 Å². The fourth-order valence-corrected chi connectivity index (χ4v) is 5.11. The maximum absolute atomic E-state index is 13.3. The summed E-state index contributed by atoms with van der Waals surface area (Å²) < 4.78 is 39.5. The molecule has 0 bridgehead atoms. The van der Waals surface area contributed by atoms with Gasteiger partial charge in [0.1, 0.15) is 24.2 Å². The van der Waals surface area contributed by atoms with Gasteiger partial charge < -0.3 is 30.1 Å². The fraction of sp³-hybridized carbons (Fsp3) is 0.348. The number of non-ortho nitro benzene ring substituents is 1. The summed E-state index contributed by atoms with van der Waals surface area (Å²) in [6.45, 7) is 2.15. The number of hydrogen-bond donors (Lipinski definition) is 3. The molecule has 2 heterocycles. The first-order valence-electron chi connectivity index (χ1n) is 12.3. The number of nitrogens with one attached hydrogen (secondary N) is 3. The molecule has 242 valence electrons. The Labute approximate surface area is 291 Å². The van der Waals surface area contributed by atoms with Gasteiger partial charge in [-0.15, -0.1) is 22.9 Å². The molecule has 1 aliphatic rings. The second-order valence-electron chi connectivity index (χ2n) is 9.36. The molecule has 1 aliphatic heterocycles. The number of carbonyl (C=O) groups is 5. The van der Waals surface area contributed by atoms with Crippen LogP contribution in [0.1, 0.15) is 25.1 Å². The number of alkyl halides is 1. The third-order valence-corrected chi connectivity index (χ3v) is 7.69. The number of likely N-dealkylation sites (N-methyl/N-ethyl adjacent to an activating group) is 1. The van der Waals surface area contributed by atoms with Crippen molar-refractivity contribution in [3.63, 3.8) is 0 Å². The molecule has 4 amide bonds. The Morgan fingerprint density at radius 1 is 1.22 bits per heavy atom. The number of esters is 1. The number of carbonyl (C=O) groups excluding carboxylic acids is 5. The molecule has 1 aromatic heterocycles. The molecule has 46 heavy (non-hydrogen) atoms. The van der Waals surface area contributed by atoms with Gasteiger partial charge in [-0.05, 0) is 31.5 Å². The minimum absolute atomic E-state index is 0. The zero-order chi connectivity index (χ0) is 33.7. The number of anilines is 1. The van der Waals surface area contributed by atoms with E-state index in [1.165, 1.54) is 43.5 Å². The van der Waals surface area contributed by atoms with Crippen LogP contribution in [-0.4, -0.2) is 93.1 Å². The van der Waals surface area contributed by atoms with Crippen LogP contribution in [0.5, 0.6) is 0 Å². The summed E-state index contributed by atoms with van der Waals surface area (Å²) in [5, 5.41) is 22.3. The molecule has 19 nitrogen and oxygen atoms in total. The number of β-lactam (4-membered cyclic amide) rings is 1. The van der Waals surface area contributed by atoms with E-state index in [2.05, 4.69) is 26.1 Å². The van der Waals surface area contributed by atoms with Crippen molar-refractivity contribution < 1.29 is 81.0 Å². The van der Waals surface area contributed by atoms with E-state index < -0.39 is 74.1 Å². The second kappa shape index (κ2) is 15.7. The third kappa shape index (κ3) is 9.18. The molecule has 0 aliphatic carbocycles. The number of nitro benzene ring substituents is 1. The van der Waals surface area contributed by atoms with Gasteiger partial charge in [0.05, 0.1) is 4.92 Å². The van der Waals surface area contributed by atoms with E-state index in [9.17, 15) is 47.1 Å². The first-order chi connectivity index (χ1) is 21.0. The summed E-state index contributed by atoms with van der Waals surface area (Å²) >= 11 is 6.30. The van der Waals surface area contributed by atoms with E-state index >= 15 is 0 Å². The molecule has 2 aromatic rings. The van der Waals surface area contributed by atoms with E-state index in [-0.39, 0.29) is 57.0 Å². The number of thiazole rings is 1. The Balaban J connectivity index is 0.00000736. The molecule has 3 rings (SSSR count). The van der Waals surface area contributed by atoms with Crippen LogP contribution < -0.4 is 45.5 Å². The molecule has 0 radical (unpaired) electrons. The first-order valence-corrected chi connectivity index (χ1v) is 15.1. The van der Waals surface area contributed by atoms with Gasteiger partial charge in [0, 0.05) is 24.6 Å². The molecular formula is C23H23ClN7NaO12S2. The van der Waals surface area contributed by atoms with E-state index in [0.29, 0.717) is 5.56 Å². The van der Waals surface area contributed by atoms with Crippen LogP contribution >= 0.6 is 22.9 Å². The van der Waals surface area contributed by atoms with Gasteiger partial charge in [-0.25, -0.2) is 22.5 Å². The largest absolute Gasteiger partial charge is 1.00 e. The van der Waals surface area contributed by atoms with Crippen molar-refractivity contribution in [3.8, 4) is 0 Å². The second-order valence-corrected chi connectivity index (χ2v) is 11.7. The minimum atomic E-state index is -5.42. The number of nitro groups is 1. The van der Waals surface area contributed by atoms with Gasteiger partial charge >= 0.3 is 35.5 Å². The number of amides is 4. The normalized spacial score (nSPS) is 16.3. The number of halogens is 1. The van der Waals surface area contributed by atoms with Crippen LogP contribution in [-0.2, 0) is 50.5 Å². The molecule has 23 heteroatoms. The van der Waals surface area contributed by atoms with Crippen molar-refractivity contribution >= 4 is 79.4 Å². The molecule has 3 N–H and O–H groups in total. The van der Waals surface area contributed by atoms with Crippen molar-refractivity contribution in [1.29, 1.82) is 0 Å². The molecule has 1 aromatic carbocycles. The maximum atomic E-state index is 13.3. The summed E-state index contributed by atoms with van der Waals surface area (Å²) in [6.07, 6.45) is 0. The van der Waals surface area contributed by atoms with Gasteiger partial charge in [0.25, 0.3) is 17.5 Å². The molecule has 1 fully saturated rings. The van der Waals surface area contributed by atoms with Crippen molar-refractivity contribution in [2.45, 2.75) is 38.1 Å². The SMILES string of the molecule is CNC(=O)[C@H]1[C@@H](NC(=O)/C(=N\OC(C)(C)C(=O)OCc2ccc([N+](=O)[O-])cc2)c2csc(NC(=O)CCl)n2)C(=O)N1S(=O)(=O)[O-].[Na+]. The van der Waals surface area contributed by atoms with Crippen LogP contribution in [0.2, 0.25) is 0 Å². The average Bonchev–Trinajstić information content (AvgIpc) is 3.43. The van der Waals surface area contributed by atoms with E-state index in [1.54, 1.807) is 0 Å². The minimum Gasteiger partial charge on any atom is -0.731 e. The van der Waals surface area contributed by atoms with Crippen LogP contribution in [0.15, 0.2) is 34.8 Å². The number of nitrogens with zero attached hydrogens (tertiary/aromatic N) is 4. The number of oxime groups is 1. The smallest absolute Gasteiger partial charge is 0.731 e. The standard InChI is InChI=1S/C23H24ClN7O12S2.Na/c1-23(2,21(36)42-9-11-4-6-12(7-5-11)31(37)38)43-29-15(13-10-44-22(26-13)27-14(32)8-24)18(33)28-16-17(19(34)25-3)30(20(16)35)45(39,40)41;/h4-7,10,16-17H,8-9H2,1-3H3,(H,25,34)(H,28,33)(H,26,27,32)(H,39,40,41);/q;+1/p-1/b29-15-;/t16-,17-;/m1./s1. The van der Waals surface area contributed by atoms with Crippen molar-refractivity contribution in [2.24, 2.45) is 5.16 Å². The summed E-state index contributed by atoms with van der Waals surface area (Å²) in [5.74, 6) is -5.77. The molecule has 2 atom stereocenters. The Bertz CT molecular complexity index is 1670. The quantitative estimate of drug-likeness (QED) is 0.0265. The van der Waals surface area contributed by atoms with Gasteiger partial charge in [-0.2, -0.15) is 0 Å². The Kier molecular flexibility index (Phi) is 13.1. The fourth-order valence-electron chi connectivity index (χ4n) is 3.50. The number of aromatic nitrogens is 1. The zero-order valence-corrected chi connectivity index (χ0v) is 28.7. The van der Waals surface area contributed by atoms with Crippen LogP contribution in [0.4, 0.5) is 10.8 Å². The molecule has 0 unspecified atom stereocenters. The molecular weight excluding hydrogens is 689 g/mol. The predicted molar refractivity (Wildman–Crippen MR) is 152 cm³/mol. The zero-order valence-electron chi connectivity index (χ0n) is 24.3. The number of hydrogen-bond acceptors (Lipinski definition) is 15. The number of ether oxygens (including phenoxy) is 1. The van der Waals surface area contributed by atoms with E-state index in [4.69, 9.17) is 21.2 Å². The van der Waals surface area contributed by atoms with Gasteiger partial charge in [-0.3, -0.25) is 29.3 Å². The Morgan fingerprint density at radius 2 is 1.85 bits per heavy atom. The summed E-state index contributed by atoms with van der Waals surface area (Å²) in [5.41, 5.74) is -2.58. The Morgan fingerprint density at radius 3 is 2.39 bits per heavy atom. The Hall–Kier alpha value is -3.73. The van der Waals surface area contributed by atoms with Crippen LogP contribution in [0.25, 0.3) is 0 Å². The van der Waals surface area contributed by atoms with Crippen molar-refractivity contribution in [1.82, 2.24) is 19.9 Å².